The number of para-hydroxylation sites is 1. The molecule has 142 valence electrons. The number of aromatic amines is 1. The summed E-state index contributed by atoms with van der Waals surface area (Å²) < 4.78 is 11.1. The van der Waals surface area contributed by atoms with E-state index in [1.165, 1.54) is 16.5 Å². The van der Waals surface area contributed by atoms with Crippen LogP contribution in [0.4, 0.5) is 0 Å². The molecule has 1 aliphatic rings. The van der Waals surface area contributed by atoms with Crippen LogP contribution in [-0.4, -0.2) is 56.5 Å². The number of nitrogens with zero attached hydrogens (tertiary/aromatic N) is 1. The van der Waals surface area contributed by atoms with Gasteiger partial charge in [-0.3, -0.25) is 4.99 Å². The van der Waals surface area contributed by atoms with Crippen LogP contribution in [0.3, 0.4) is 0 Å². The van der Waals surface area contributed by atoms with Crippen molar-refractivity contribution in [3.63, 3.8) is 0 Å². The third kappa shape index (κ3) is 5.47. The van der Waals surface area contributed by atoms with Gasteiger partial charge in [0.15, 0.2) is 5.96 Å². The lowest BCUT2D eigenvalue weighted by atomic mass is 10.1. The van der Waals surface area contributed by atoms with Gasteiger partial charge in [-0.25, -0.2) is 0 Å². The van der Waals surface area contributed by atoms with Crippen LogP contribution in [0.2, 0.25) is 0 Å². The molecule has 3 rings (SSSR count). The predicted molar refractivity (Wildman–Crippen MR) is 106 cm³/mol. The summed E-state index contributed by atoms with van der Waals surface area (Å²) in [7, 11) is 0. The van der Waals surface area contributed by atoms with E-state index >= 15 is 0 Å². The molecule has 3 N–H and O–H groups in total. The maximum Gasteiger partial charge on any atom is 0.191 e. The standard InChI is InChI=1S/C20H30N4O2/c1-2-21-20(22-10-5-12-26-17-9-13-25-15-17)23-11-8-16-14-24-19-7-4-3-6-18(16)19/h3-4,6-7,14,17,24H,2,5,8-13,15H2,1H3,(H2,21,22,23). The van der Waals surface area contributed by atoms with Gasteiger partial charge in [-0.15, -0.1) is 0 Å². The van der Waals surface area contributed by atoms with Crippen LogP contribution in [0.15, 0.2) is 35.5 Å². The molecule has 6 nitrogen and oxygen atoms in total. The minimum atomic E-state index is 0.279. The zero-order chi connectivity index (χ0) is 18.0. The van der Waals surface area contributed by atoms with E-state index in [0.717, 1.165) is 64.7 Å². The van der Waals surface area contributed by atoms with Gasteiger partial charge in [0.1, 0.15) is 0 Å². The Morgan fingerprint density at radius 2 is 2.27 bits per heavy atom. The second-order valence-corrected chi connectivity index (χ2v) is 6.51. The van der Waals surface area contributed by atoms with Crippen molar-refractivity contribution in [1.29, 1.82) is 0 Å². The van der Waals surface area contributed by atoms with Gasteiger partial charge < -0.3 is 25.1 Å². The van der Waals surface area contributed by atoms with Crippen LogP contribution >= 0.6 is 0 Å². The molecule has 6 heteroatoms. The summed E-state index contributed by atoms with van der Waals surface area (Å²) in [6.07, 6.45) is 5.28. The zero-order valence-corrected chi connectivity index (χ0v) is 15.6. The third-order valence-corrected chi connectivity index (χ3v) is 4.52. The summed E-state index contributed by atoms with van der Waals surface area (Å²) in [6, 6.07) is 8.41. The highest BCUT2D eigenvalue weighted by atomic mass is 16.5. The van der Waals surface area contributed by atoms with Crippen LogP contribution in [0.25, 0.3) is 10.9 Å². The summed E-state index contributed by atoms with van der Waals surface area (Å²) in [4.78, 5) is 7.96. The van der Waals surface area contributed by atoms with E-state index in [9.17, 15) is 0 Å². The number of H-pyrrole nitrogens is 1. The fraction of sp³-hybridized carbons (Fsp3) is 0.550. The molecule has 1 atom stereocenters. The Hall–Kier alpha value is -2.05. The lowest BCUT2D eigenvalue weighted by Crippen LogP contribution is -2.38. The van der Waals surface area contributed by atoms with E-state index in [-0.39, 0.29) is 6.10 Å². The number of fused-ring (bicyclic) bond motifs is 1. The first kappa shape index (κ1) is 18.7. The van der Waals surface area contributed by atoms with Gasteiger partial charge in [0.2, 0.25) is 0 Å². The molecule has 1 aliphatic heterocycles. The molecule has 1 saturated heterocycles. The topological polar surface area (TPSA) is 70.7 Å². The molecule has 0 saturated carbocycles. The number of nitrogens with one attached hydrogen (secondary N) is 3. The van der Waals surface area contributed by atoms with E-state index in [1.807, 2.05) is 0 Å². The Kier molecular flexibility index (Phi) is 7.34. The molecule has 0 bridgehead atoms. The average Bonchev–Trinajstić information content (AvgIpc) is 3.31. The minimum absolute atomic E-state index is 0.279. The Labute approximate surface area is 155 Å². The molecule has 1 aromatic carbocycles. The minimum Gasteiger partial charge on any atom is -0.379 e. The van der Waals surface area contributed by atoms with Crippen molar-refractivity contribution in [3.8, 4) is 0 Å². The van der Waals surface area contributed by atoms with Crippen LogP contribution in [0, 0.1) is 0 Å². The van der Waals surface area contributed by atoms with Crippen molar-refractivity contribution in [2.24, 2.45) is 4.99 Å². The molecule has 0 aliphatic carbocycles. The van der Waals surface area contributed by atoms with E-state index < -0.39 is 0 Å². The number of rotatable bonds is 9. The largest absolute Gasteiger partial charge is 0.379 e. The fourth-order valence-electron chi connectivity index (χ4n) is 3.15. The lowest BCUT2D eigenvalue weighted by molar-refractivity contribution is 0.0424. The highest BCUT2D eigenvalue weighted by Gasteiger charge is 2.15. The fourth-order valence-corrected chi connectivity index (χ4v) is 3.15. The molecule has 0 amide bonds. The van der Waals surface area contributed by atoms with E-state index in [2.05, 4.69) is 58.0 Å². The summed E-state index contributed by atoms with van der Waals surface area (Å²) in [5.74, 6) is 0.872. The molecule has 2 heterocycles. The van der Waals surface area contributed by atoms with Crippen molar-refractivity contribution in [1.82, 2.24) is 15.6 Å². The van der Waals surface area contributed by atoms with Gasteiger partial charge >= 0.3 is 0 Å². The number of hydrogen-bond acceptors (Lipinski definition) is 3. The second-order valence-electron chi connectivity index (χ2n) is 6.51. The number of hydrogen-bond donors (Lipinski definition) is 3. The number of ether oxygens (including phenoxy) is 2. The molecular formula is C20H30N4O2. The number of aromatic nitrogens is 1. The smallest absolute Gasteiger partial charge is 0.191 e. The first-order chi connectivity index (χ1) is 12.9. The first-order valence-electron chi connectivity index (χ1n) is 9.63. The van der Waals surface area contributed by atoms with Crippen molar-refractivity contribution < 1.29 is 9.47 Å². The maximum atomic E-state index is 5.78. The number of benzene rings is 1. The first-order valence-corrected chi connectivity index (χ1v) is 9.63. The number of aliphatic imine (C=N–C) groups is 1. The Bertz CT molecular complexity index is 692. The summed E-state index contributed by atoms with van der Waals surface area (Å²) in [6.45, 7) is 6.86. The summed E-state index contributed by atoms with van der Waals surface area (Å²) >= 11 is 0. The van der Waals surface area contributed by atoms with Crippen molar-refractivity contribution in [2.45, 2.75) is 32.3 Å². The molecule has 0 spiro atoms. The van der Waals surface area contributed by atoms with Gasteiger partial charge in [0, 0.05) is 49.9 Å². The quantitative estimate of drug-likeness (QED) is 0.366. The molecule has 2 aromatic rings. The lowest BCUT2D eigenvalue weighted by Gasteiger charge is -2.12. The monoisotopic (exact) mass is 358 g/mol. The normalized spacial score (nSPS) is 17.7. The third-order valence-electron chi connectivity index (χ3n) is 4.52. The molecule has 1 fully saturated rings. The van der Waals surface area contributed by atoms with Gasteiger partial charge in [-0.1, -0.05) is 18.2 Å². The highest BCUT2D eigenvalue weighted by molar-refractivity contribution is 5.83. The maximum absolute atomic E-state index is 5.78. The number of guanidine groups is 1. The van der Waals surface area contributed by atoms with Crippen LogP contribution < -0.4 is 10.6 Å². The van der Waals surface area contributed by atoms with Crippen molar-refractivity contribution in [3.05, 3.63) is 36.0 Å². The molecule has 1 unspecified atom stereocenters. The predicted octanol–water partition coefficient (Wildman–Crippen LogP) is 2.46. The van der Waals surface area contributed by atoms with Gasteiger partial charge in [0.05, 0.1) is 12.7 Å². The highest BCUT2D eigenvalue weighted by Crippen LogP contribution is 2.17. The molecule has 0 radical (unpaired) electrons. The van der Waals surface area contributed by atoms with Crippen LogP contribution in [0.5, 0.6) is 0 Å². The average molecular weight is 358 g/mol. The molecular weight excluding hydrogens is 328 g/mol. The van der Waals surface area contributed by atoms with Crippen molar-refractivity contribution >= 4 is 16.9 Å². The van der Waals surface area contributed by atoms with Gasteiger partial charge in [-0.2, -0.15) is 0 Å². The Morgan fingerprint density at radius 1 is 1.35 bits per heavy atom. The second kappa shape index (κ2) is 10.2. The summed E-state index contributed by atoms with van der Waals surface area (Å²) in [5, 5.41) is 8.02. The Balaban J connectivity index is 1.39. The van der Waals surface area contributed by atoms with E-state index in [0.29, 0.717) is 0 Å². The van der Waals surface area contributed by atoms with Crippen LogP contribution in [0.1, 0.15) is 25.3 Å². The van der Waals surface area contributed by atoms with Gasteiger partial charge in [-0.05, 0) is 37.8 Å². The SMILES string of the molecule is CCNC(=NCCCOC1CCOC1)NCCc1c[nH]c2ccccc12. The molecule has 26 heavy (non-hydrogen) atoms. The molecule has 1 aromatic heterocycles. The van der Waals surface area contributed by atoms with E-state index in [1.54, 1.807) is 0 Å². The van der Waals surface area contributed by atoms with E-state index in [4.69, 9.17) is 9.47 Å². The van der Waals surface area contributed by atoms with Gasteiger partial charge in [0.25, 0.3) is 0 Å². The zero-order valence-electron chi connectivity index (χ0n) is 15.6. The van der Waals surface area contributed by atoms with Crippen molar-refractivity contribution in [2.75, 3.05) is 39.5 Å². The Morgan fingerprint density at radius 3 is 3.12 bits per heavy atom. The van der Waals surface area contributed by atoms with Crippen LogP contribution in [-0.2, 0) is 15.9 Å². The summed E-state index contributed by atoms with van der Waals surface area (Å²) in [5.41, 5.74) is 2.52.